The van der Waals surface area contributed by atoms with E-state index in [0.29, 0.717) is 31.0 Å². The molecule has 1 rings (SSSR count). The van der Waals surface area contributed by atoms with Gasteiger partial charge in [0, 0.05) is 20.1 Å². The van der Waals surface area contributed by atoms with E-state index in [1.165, 1.54) is 6.20 Å². The van der Waals surface area contributed by atoms with Crippen molar-refractivity contribution in [2.24, 2.45) is 0 Å². The number of aromatic nitrogens is 1. The summed E-state index contributed by atoms with van der Waals surface area (Å²) in [5.74, 6) is -0.284. The highest BCUT2D eigenvalue weighted by atomic mass is 16.5. The second-order valence-electron chi connectivity index (χ2n) is 3.33. The summed E-state index contributed by atoms with van der Waals surface area (Å²) in [5.41, 5.74) is 6.72. The Kier molecular flexibility index (Phi) is 5.28. The van der Waals surface area contributed by atoms with E-state index >= 15 is 0 Å². The van der Waals surface area contributed by atoms with Gasteiger partial charge in [-0.3, -0.25) is 9.78 Å². The number of esters is 1. The summed E-state index contributed by atoms with van der Waals surface area (Å²) in [6.45, 7) is 0.967. The van der Waals surface area contributed by atoms with Crippen LogP contribution >= 0.6 is 0 Å². The van der Waals surface area contributed by atoms with Crippen molar-refractivity contribution in [2.75, 3.05) is 26.1 Å². The maximum Gasteiger partial charge on any atom is 0.311 e. The van der Waals surface area contributed by atoms with Crippen LogP contribution in [0.2, 0.25) is 0 Å². The molecule has 5 nitrogen and oxygen atoms in total. The zero-order valence-electron chi connectivity index (χ0n) is 9.31. The highest BCUT2D eigenvalue weighted by Gasteiger charge is 2.05. The van der Waals surface area contributed by atoms with Gasteiger partial charge in [0.15, 0.2) is 0 Å². The molecule has 0 saturated heterocycles. The summed E-state index contributed by atoms with van der Waals surface area (Å²) >= 11 is 0. The van der Waals surface area contributed by atoms with Crippen LogP contribution in [-0.4, -0.2) is 31.3 Å². The molecular formula is C11H16N2O3. The first-order chi connectivity index (χ1) is 7.72. The number of hydrogen-bond acceptors (Lipinski definition) is 5. The fourth-order valence-corrected chi connectivity index (χ4v) is 1.13. The average molecular weight is 224 g/mol. The van der Waals surface area contributed by atoms with Crippen molar-refractivity contribution in [1.82, 2.24) is 4.98 Å². The number of hydrogen-bond donors (Lipinski definition) is 1. The molecule has 0 amide bonds. The molecule has 0 unspecified atom stereocenters. The maximum atomic E-state index is 11.3. The van der Waals surface area contributed by atoms with Gasteiger partial charge >= 0.3 is 5.97 Å². The van der Waals surface area contributed by atoms with Crippen LogP contribution in [0.5, 0.6) is 0 Å². The van der Waals surface area contributed by atoms with Gasteiger partial charge in [0.05, 0.1) is 30.6 Å². The molecular weight excluding hydrogens is 208 g/mol. The zero-order chi connectivity index (χ0) is 11.8. The number of rotatable bonds is 6. The van der Waals surface area contributed by atoms with Gasteiger partial charge < -0.3 is 15.2 Å². The smallest absolute Gasteiger partial charge is 0.311 e. The molecule has 0 bridgehead atoms. The largest absolute Gasteiger partial charge is 0.465 e. The topological polar surface area (TPSA) is 74.4 Å². The molecule has 0 atom stereocenters. The van der Waals surface area contributed by atoms with Gasteiger partial charge in [-0.1, -0.05) is 0 Å². The van der Waals surface area contributed by atoms with Gasteiger partial charge in [-0.15, -0.1) is 0 Å². The molecule has 88 valence electrons. The molecule has 0 saturated carbocycles. The Morgan fingerprint density at radius 2 is 2.25 bits per heavy atom. The van der Waals surface area contributed by atoms with Crippen molar-refractivity contribution in [3.63, 3.8) is 0 Å². The number of nitrogens with two attached hydrogens (primary N) is 1. The Hall–Kier alpha value is -1.62. The van der Waals surface area contributed by atoms with Crippen molar-refractivity contribution in [3.8, 4) is 0 Å². The molecule has 0 aromatic carbocycles. The van der Waals surface area contributed by atoms with Crippen molar-refractivity contribution in [2.45, 2.75) is 12.8 Å². The number of ether oxygens (including phenoxy) is 2. The second-order valence-corrected chi connectivity index (χ2v) is 3.33. The standard InChI is InChI=1S/C11H16N2O3/c1-15-5-2-6-16-11(14)7-10-4-3-9(12)8-13-10/h3-4,8H,2,5-7,12H2,1H3. The van der Waals surface area contributed by atoms with Crippen molar-refractivity contribution in [1.29, 1.82) is 0 Å². The van der Waals surface area contributed by atoms with Crippen molar-refractivity contribution >= 4 is 11.7 Å². The predicted octanol–water partition coefficient (Wildman–Crippen LogP) is 0.786. The van der Waals surface area contributed by atoms with E-state index in [2.05, 4.69) is 4.98 Å². The molecule has 0 aliphatic carbocycles. The molecule has 0 radical (unpaired) electrons. The van der Waals surface area contributed by atoms with Gasteiger partial charge in [-0.05, 0) is 12.1 Å². The highest BCUT2D eigenvalue weighted by molar-refractivity contribution is 5.72. The minimum absolute atomic E-state index is 0.174. The first-order valence-corrected chi connectivity index (χ1v) is 5.07. The molecule has 0 aliphatic heterocycles. The molecule has 1 aromatic heterocycles. The summed E-state index contributed by atoms with van der Waals surface area (Å²) in [5, 5.41) is 0. The highest BCUT2D eigenvalue weighted by Crippen LogP contribution is 2.02. The number of nitrogen functional groups attached to an aromatic ring is 1. The quantitative estimate of drug-likeness (QED) is 0.571. The summed E-state index contributed by atoms with van der Waals surface area (Å²) < 4.78 is 9.83. The van der Waals surface area contributed by atoms with Gasteiger partial charge in [-0.25, -0.2) is 0 Å². The van der Waals surface area contributed by atoms with E-state index in [4.69, 9.17) is 15.2 Å². The third-order valence-electron chi connectivity index (χ3n) is 1.93. The van der Waals surface area contributed by atoms with Gasteiger partial charge in [0.1, 0.15) is 0 Å². The Morgan fingerprint density at radius 3 is 2.88 bits per heavy atom. The van der Waals surface area contributed by atoms with E-state index < -0.39 is 0 Å². The summed E-state index contributed by atoms with van der Waals surface area (Å²) in [6.07, 6.45) is 2.40. The number of anilines is 1. The fraction of sp³-hybridized carbons (Fsp3) is 0.455. The summed E-state index contributed by atoms with van der Waals surface area (Å²) in [4.78, 5) is 15.3. The SMILES string of the molecule is COCCCOC(=O)Cc1ccc(N)cn1. The lowest BCUT2D eigenvalue weighted by Gasteiger charge is -2.04. The molecule has 1 aromatic rings. The monoisotopic (exact) mass is 224 g/mol. The van der Waals surface area contributed by atoms with Crippen molar-refractivity contribution < 1.29 is 14.3 Å². The lowest BCUT2D eigenvalue weighted by atomic mass is 10.2. The fourth-order valence-electron chi connectivity index (χ4n) is 1.13. The predicted molar refractivity (Wildman–Crippen MR) is 59.8 cm³/mol. The molecule has 2 N–H and O–H groups in total. The van der Waals surface area contributed by atoms with Crippen LogP contribution in [-0.2, 0) is 20.7 Å². The molecule has 16 heavy (non-hydrogen) atoms. The van der Waals surface area contributed by atoms with Crippen molar-refractivity contribution in [3.05, 3.63) is 24.0 Å². The first-order valence-electron chi connectivity index (χ1n) is 5.07. The van der Waals surface area contributed by atoms with Crippen LogP contribution in [0.1, 0.15) is 12.1 Å². The van der Waals surface area contributed by atoms with Crippen LogP contribution in [0.4, 0.5) is 5.69 Å². The van der Waals surface area contributed by atoms with Crippen LogP contribution in [0.25, 0.3) is 0 Å². The van der Waals surface area contributed by atoms with Crippen LogP contribution in [0.3, 0.4) is 0 Å². The van der Waals surface area contributed by atoms with Gasteiger partial charge in [0.2, 0.25) is 0 Å². The summed E-state index contributed by atoms with van der Waals surface area (Å²) in [6, 6.07) is 3.42. The number of nitrogens with zero attached hydrogens (tertiary/aromatic N) is 1. The Morgan fingerprint density at radius 1 is 1.44 bits per heavy atom. The maximum absolute atomic E-state index is 11.3. The van der Waals surface area contributed by atoms with Crippen LogP contribution in [0.15, 0.2) is 18.3 Å². The Balaban J connectivity index is 2.26. The van der Waals surface area contributed by atoms with E-state index in [-0.39, 0.29) is 12.4 Å². The van der Waals surface area contributed by atoms with Gasteiger partial charge in [-0.2, -0.15) is 0 Å². The lowest BCUT2D eigenvalue weighted by molar-refractivity contribution is -0.143. The average Bonchev–Trinajstić information content (AvgIpc) is 2.28. The van der Waals surface area contributed by atoms with E-state index in [9.17, 15) is 4.79 Å². The lowest BCUT2D eigenvalue weighted by Crippen LogP contribution is -2.11. The molecule has 0 aliphatic rings. The molecule has 1 heterocycles. The molecule has 0 spiro atoms. The molecule has 5 heteroatoms. The third-order valence-corrected chi connectivity index (χ3v) is 1.93. The Labute approximate surface area is 94.6 Å². The normalized spacial score (nSPS) is 10.1. The van der Waals surface area contributed by atoms with Crippen LogP contribution < -0.4 is 5.73 Å². The number of methoxy groups -OCH3 is 1. The zero-order valence-corrected chi connectivity index (χ0v) is 9.31. The number of carbonyl (C=O) groups is 1. The second kappa shape index (κ2) is 6.79. The summed E-state index contributed by atoms with van der Waals surface area (Å²) in [7, 11) is 1.61. The first kappa shape index (κ1) is 12.4. The third kappa shape index (κ3) is 4.75. The number of carbonyl (C=O) groups excluding carboxylic acids is 1. The number of pyridine rings is 1. The minimum Gasteiger partial charge on any atom is -0.465 e. The minimum atomic E-state index is -0.284. The Bertz CT molecular complexity index is 325. The van der Waals surface area contributed by atoms with E-state index in [0.717, 1.165) is 0 Å². The van der Waals surface area contributed by atoms with E-state index in [1.807, 2.05) is 0 Å². The molecule has 0 fully saturated rings. The van der Waals surface area contributed by atoms with E-state index in [1.54, 1.807) is 19.2 Å². The van der Waals surface area contributed by atoms with Gasteiger partial charge in [0.25, 0.3) is 0 Å². The van der Waals surface area contributed by atoms with Crippen LogP contribution in [0, 0.1) is 0 Å².